The standard InChI is InChI=1S/C23H26Cl2N2O2/c1-16(28)13-26-10-11-27-14-21-20-5-3-2-4-17(20)7-9-23(21)29-15-18-6-8-19(24)12-22(18)25/h2-9,12,16,26-28H,10-11,13-15H2,1H3. The van der Waals surface area contributed by atoms with E-state index in [1.165, 1.54) is 5.39 Å². The lowest BCUT2D eigenvalue weighted by molar-refractivity contribution is 0.191. The summed E-state index contributed by atoms with van der Waals surface area (Å²) in [6.45, 7) is 4.99. The number of hydrogen-bond donors (Lipinski definition) is 3. The molecule has 0 aliphatic carbocycles. The van der Waals surface area contributed by atoms with Crippen molar-refractivity contribution in [3.8, 4) is 5.75 Å². The number of halogens is 2. The molecule has 0 fully saturated rings. The second-order valence-electron chi connectivity index (χ2n) is 7.02. The topological polar surface area (TPSA) is 53.5 Å². The smallest absolute Gasteiger partial charge is 0.124 e. The predicted octanol–water partition coefficient (Wildman–Crippen LogP) is 4.79. The highest BCUT2D eigenvalue weighted by molar-refractivity contribution is 6.35. The van der Waals surface area contributed by atoms with Gasteiger partial charge in [-0.1, -0.05) is 59.6 Å². The van der Waals surface area contributed by atoms with E-state index in [-0.39, 0.29) is 6.10 Å². The first-order chi connectivity index (χ1) is 14.0. The van der Waals surface area contributed by atoms with Crippen LogP contribution in [0.5, 0.6) is 5.75 Å². The minimum Gasteiger partial charge on any atom is -0.488 e. The van der Waals surface area contributed by atoms with E-state index in [0.717, 1.165) is 35.4 Å². The Hall–Kier alpha value is -1.82. The Balaban J connectivity index is 1.71. The third-order valence-corrected chi connectivity index (χ3v) is 5.20. The summed E-state index contributed by atoms with van der Waals surface area (Å²) >= 11 is 12.3. The van der Waals surface area contributed by atoms with E-state index in [1.807, 2.05) is 30.3 Å². The normalized spacial score (nSPS) is 12.3. The van der Waals surface area contributed by atoms with Crippen molar-refractivity contribution in [3.05, 3.63) is 75.8 Å². The van der Waals surface area contributed by atoms with Crippen molar-refractivity contribution < 1.29 is 9.84 Å². The molecule has 3 N–H and O–H groups in total. The maximum Gasteiger partial charge on any atom is 0.124 e. The summed E-state index contributed by atoms with van der Waals surface area (Å²) in [5.41, 5.74) is 2.01. The summed E-state index contributed by atoms with van der Waals surface area (Å²) in [5, 5.41) is 19.5. The molecular formula is C23H26Cl2N2O2. The van der Waals surface area contributed by atoms with E-state index >= 15 is 0 Å². The molecule has 1 unspecified atom stereocenters. The van der Waals surface area contributed by atoms with Gasteiger partial charge in [-0.15, -0.1) is 0 Å². The van der Waals surface area contributed by atoms with Crippen LogP contribution in [-0.2, 0) is 13.2 Å². The zero-order chi connectivity index (χ0) is 20.6. The van der Waals surface area contributed by atoms with Crippen LogP contribution in [0, 0.1) is 0 Å². The summed E-state index contributed by atoms with van der Waals surface area (Å²) in [6, 6.07) is 17.8. The molecule has 0 bridgehead atoms. The van der Waals surface area contributed by atoms with E-state index in [0.29, 0.717) is 29.7 Å². The van der Waals surface area contributed by atoms with Crippen molar-refractivity contribution >= 4 is 34.0 Å². The van der Waals surface area contributed by atoms with Crippen LogP contribution in [-0.4, -0.2) is 30.8 Å². The minimum absolute atomic E-state index is 0.340. The van der Waals surface area contributed by atoms with Crippen molar-refractivity contribution in [2.75, 3.05) is 19.6 Å². The van der Waals surface area contributed by atoms with Gasteiger partial charge in [-0.25, -0.2) is 0 Å². The molecule has 3 rings (SSSR count). The van der Waals surface area contributed by atoms with Crippen LogP contribution in [0.1, 0.15) is 18.1 Å². The molecule has 0 spiro atoms. The van der Waals surface area contributed by atoms with Gasteiger partial charge in [0.2, 0.25) is 0 Å². The van der Waals surface area contributed by atoms with Gasteiger partial charge in [-0.2, -0.15) is 0 Å². The van der Waals surface area contributed by atoms with Crippen molar-refractivity contribution in [3.63, 3.8) is 0 Å². The number of aliphatic hydroxyl groups is 1. The van der Waals surface area contributed by atoms with Gasteiger partial charge >= 0.3 is 0 Å². The van der Waals surface area contributed by atoms with Crippen molar-refractivity contribution in [2.24, 2.45) is 0 Å². The van der Waals surface area contributed by atoms with Gasteiger partial charge in [-0.05, 0) is 35.9 Å². The molecule has 0 radical (unpaired) electrons. The maximum absolute atomic E-state index is 9.31. The summed E-state index contributed by atoms with van der Waals surface area (Å²) in [4.78, 5) is 0. The summed E-state index contributed by atoms with van der Waals surface area (Å²) in [6.07, 6.45) is -0.340. The Kier molecular flexibility index (Phi) is 8.16. The van der Waals surface area contributed by atoms with Crippen LogP contribution in [0.15, 0.2) is 54.6 Å². The first kappa shape index (κ1) is 21.9. The molecule has 4 nitrogen and oxygen atoms in total. The fourth-order valence-electron chi connectivity index (χ4n) is 3.13. The Labute approximate surface area is 181 Å². The Morgan fingerprint density at radius 2 is 1.79 bits per heavy atom. The van der Waals surface area contributed by atoms with Gasteiger partial charge in [0.15, 0.2) is 0 Å². The zero-order valence-electron chi connectivity index (χ0n) is 16.4. The first-order valence-corrected chi connectivity index (χ1v) is 10.5. The third-order valence-electron chi connectivity index (χ3n) is 4.62. The van der Waals surface area contributed by atoms with Gasteiger partial charge < -0.3 is 20.5 Å². The van der Waals surface area contributed by atoms with Gasteiger partial charge in [0, 0.05) is 47.4 Å². The van der Waals surface area contributed by atoms with Gasteiger partial charge in [0.05, 0.1) is 6.10 Å². The summed E-state index contributed by atoms with van der Waals surface area (Å²) in [5.74, 6) is 0.833. The quantitative estimate of drug-likeness (QED) is 0.403. The van der Waals surface area contributed by atoms with Crippen molar-refractivity contribution in [1.29, 1.82) is 0 Å². The summed E-state index contributed by atoms with van der Waals surface area (Å²) < 4.78 is 6.15. The highest BCUT2D eigenvalue weighted by atomic mass is 35.5. The lowest BCUT2D eigenvalue weighted by Crippen LogP contribution is -2.31. The number of ether oxygens (including phenoxy) is 1. The van der Waals surface area contributed by atoms with E-state index in [2.05, 4.69) is 28.8 Å². The average molecular weight is 433 g/mol. The van der Waals surface area contributed by atoms with E-state index in [9.17, 15) is 5.11 Å². The Morgan fingerprint density at radius 3 is 2.59 bits per heavy atom. The molecule has 29 heavy (non-hydrogen) atoms. The molecule has 3 aromatic carbocycles. The van der Waals surface area contributed by atoms with Crippen LogP contribution < -0.4 is 15.4 Å². The van der Waals surface area contributed by atoms with Crippen LogP contribution >= 0.6 is 23.2 Å². The molecule has 0 amide bonds. The summed E-state index contributed by atoms with van der Waals surface area (Å²) in [7, 11) is 0. The van der Waals surface area contributed by atoms with E-state index in [1.54, 1.807) is 13.0 Å². The minimum atomic E-state index is -0.340. The van der Waals surface area contributed by atoms with Crippen LogP contribution in [0.25, 0.3) is 10.8 Å². The maximum atomic E-state index is 9.31. The number of aliphatic hydroxyl groups excluding tert-OH is 1. The molecule has 0 heterocycles. The largest absolute Gasteiger partial charge is 0.488 e. The number of fused-ring (bicyclic) bond motifs is 1. The number of benzene rings is 3. The number of nitrogens with one attached hydrogen (secondary N) is 2. The fraction of sp³-hybridized carbons (Fsp3) is 0.304. The molecule has 0 aliphatic heterocycles. The first-order valence-electron chi connectivity index (χ1n) is 9.71. The SMILES string of the molecule is CC(O)CNCCNCc1c(OCc2ccc(Cl)cc2Cl)ccc2ccccc12. The molecule has 0 aromatic heterocycles. The second kappa shape index (κ2) is 10.8. The van der Waals surface area contributed by atoms with E-state index in [4.69, 9.17) is 27.9 Å². The fourth-order valence-corrected chi connectivity index (χ4v) is 3.59. The molecule has 1 atom stereocenters. The van der Waals surface area contributed by atoms with Crippen molar-refractivity contribution in [2.45, 2.75) is 26.2 Å². The lowest BCUT2D eigenvalue weighted by Gasteiger charge is -2.16. The molecule has 0 aliphatic rings. The predicted molar refractivity (Wildman–Crippen MR) is 121 cm³/mol. The molecule has 154 valence electrons. The van der Waals surface area contributed by atoms with Gasteiger partial charge in [0.1, 0.15) is 12.4 Å². The highest BCUT2D eigenvalue weighted by Gasteiger charge is 2.10. The number of rotatable bonds is 10. The van der Waals surface area contributed by atoms with Gasteiger partial charge in [-0.3, -0.25) is 0 Å². The lowest BCUT2D eigenvalue weighted by atomic mass is 10.0. The monoisotopic (exact) mass is 432 g/mol. The highest BCUT2D eigenvalue weighted by Crippen LogP contribution is 2.30. The Bertz CT molecular complexity index is 947. The third kappa shape index (κ3) is 6.33. The molecule has 0 saturated heterocycles. The van der Waals surface area contributed by atoms with Crippen LogP contribution in [0.3, 0.4) is 0 Å². The number of hydrogen-bond acceptors (Lipinski definition) is 4. The van der Waals surface area contributed by atoms with Crippen LogP contribution in [0.2, 0.25) is 10.0 Å². The van der Waals surface area contributed by atoms with E-state index < -0.39 is 0 Å². The van der Waals surface area contributed by atoms with Crippen LogP contribution in [0.4, 0.5) is 0 Å². The van der Waals surface area contributed by atoms with Crippen molar-refractivity contribution in [1.82, 2.24) is 10.6 Å². The van der Waals surface area contributed by atoms with Gasteiger partial charge in [0.25, 0.3) is 0 Å². The molecule has 3 aromatic rings. The average Bonchev–Trinajstić information content (AvgIpc) is 2.70. The molecular weight excluding hydrogens is 407 g/mol. The molecule has 6 heteroatoms. The molecule has 0 saturated carbocycles. The zero-order valence-corrected chi connectivity index (χ0v) is 17.9. The Morgan fingerprint density at radius 1 is 1.00 bits per heavy atom. The second-order valence-corrected chi connectivity index (χ2v) is 7.86.